The summed E-state index contributed by atoms with van der Waals surface area (Å²) >= 11 is 0. The molecule has 0 atom stereocenters. The maximum absolute atomic E-state index is 13.1. The molecule has 0 unspecified atom stereocenters. The van der Waals surface area contributed by atoms with Gasteiger partial charge in [0.05, 0.1) is 7.11 Å². The fourth-order valence-electron chi connectivity index (χ4n) is 4.98. The minimum Gasteiger partial charge on any atom is -0.497 e. The van der Waals surface area contributed by atoms with Crippen LogP contribution in [0, 0.1) is 0 Å². The van der Waals surface area contributed by atoms with Gasteiger partial charge < -0.3 is 19.4 Å². The number of ether oxygens (including phenoxy) is 1. The Labute approximate surface area is 206 Å². The summed E-state index contributed by atoms with van der Waals surface area (Å²) in [4.78, 5) is 31.4. The van der Waals surface area contributed by atoms with Crippen LogP contribution in [0.5, 0.6) is 5.75 Å². The van der Waals surface area contributed by atoms with E-state index in [9.17, 15) is 9.59 Å². The van der Waals surface area contributed by atoms with E-state index < -0.39 is 0 Å². The lowest BCUT2D eigenvalue weighted by Gasteiger charge is -2.36. The van der Waals surface area contributed by atoms with Crippen LogP contribution in [-0.2, 0) is 11.2 Å². The minimum absolute atomic E-state index is 0.0774. The van der Waals surface area contributed by atoms with E-state index in [2.05, 4.69) is 29.2 Å². The topological polar surface area (TPSA) is 53.1 Å². The molecule has 6 nitrogen and oxygen atoms in total. The van der Waals surface area contributed by atoms with Crippen molar-refractivity contribution < 1.29 is 14.3 Å². The van der Waals surface area contributed by atoms with Gasteiger partial charge in [-0.05, 0) is 71.6 Å². The van der Waals surface area contributed by atoms with Gasteiger partial charge in [0.25, 0.3) is 5.91 Å². The van der Waals surface area contributed by atoms with Crippen LogP contribution in [-0.4, -0.2) is 56.5 Å². The summed E-state index contributed by atoms with van der Waals surface area (Å²) in [5, 5.41) is 0. The third kappa shape index (κ3) is 4.61. The maximum Gasteiger partial charge on any atom is 0.253 e. The molecule has 0 aliphatic carbocycles. The van der Waals surface area contributed by atoms with Crippen molar-refractivity contribution in [2.75, 3.05) is 49.6 Å². The molecule has 6 heteroatoms. The first-order chi connectivity index (χ1) is 17.1. The van der Waals surface area contributed by atoms with Gasteiger partial charge in [-0.15, -0.1) is 0 Å². The van der Waals surface area contributed by atoms with Crippen LogP contribution in [0.4, 0.5) is 11.4 Å². The van der Waals surface area contributed by atoms with Gasteiger partial charge in [-0.1, -0.05) is 25.1 Å². The number of fused-ring (bicyclic) bond motifs is 1. The molecular formula is C29H31N3O3. The molecule has 2 aliphatic heterocycles. The molecule has 0 aromatic heterocycles. The monoisotopic (exact) mass is 469 g/mol. The van der Waals surface area contributed by atoms with E-state index in [0.29, 0.717) is 25.1 Å². The van der Waals surface area contributed by atoms with Crippen molar-refractivity contribution in [2.24, 2.45) is 0 Å². The molecule has 3 aromatic rings. The summed E-state index contributed by atoms with van der Waals surface area (Å²) in [6, 6.07) is 22.2. The van der Waals surface area contributed by atoms with Gasteiger partial charge in [0.15, 0.2) is 0 Å². The van der Waals surface area contributed by atoms with Crippen molar-refractivity contribution in [3.63, 3.8) is 0 Å². The molecule has 0 radical (unpaired) electrons. The highest BCUT2D eigenvalue weighted by Gasteiger charge is 2.24. The molecule has 180 valence electrons. The number of carbonyl (C=O) groups excluding carboxylic acids is 2. The Morgan fingerprint density at radius 1 is 0.829 bits per heavy atom. The van der Waals surface area contributed by atoms with E-state index in [1.165, 1.54) is 5.56 Å². The third-order valence-electron chi connectivity index (χ3n) is 7.05. The Kier molecular flexibility index (Phi) is 6.45. The summed E-state index contributed by atoms with van der Waals surface area (Å²) in [5.41, 5.74) is 6.29. The lowest BCUT2D eigenvalue weighted by atomic mass is 10.00. The fourth-order valence-corrected chi connectivity index (χ4v) is 4.98. The second kappa shape index (κ2) is 9.82. The summed E-state index contributed by atoms with van der Waals surface area (Å²) in [6.07, 6.45) is 1.40. The average molecular weight is 470 g/mol. The number of anilines is 2. The molecule has 2 aliphatic rings. The van der Waals surface area contributed by atoms with Crippen molar-refractivity contribution in [1.82, 2.24) is 4.90 Å². The summed E-state index contributed by atoms with van der Waals surface area (Å²) in [5.74, 6) is 1.09. The van der Waals surface area contributed by atoms with E-state index >= 15 is 0 Å². The molecule has 0 spiro atoms. The van der Waals surface area contributed by atoms with Gasteiger partial charge in [0, 0.05) is 56.1 Å². The Morgan fingerprint density at radius 3 is 2.17 bits per heavy atom. The van der Waals surface area contributed by atoms with Crippen LogP contribution in [0.15, 0.2) is 66.7 Å². The van der Waals surface area contributed by atoms with Gasteiger partial charge in [0.1, 0.15) is 5.75 Å². The van der Waals surface area contributed by atoms with Gasteiger partial charge in [-0.2, -0.15) is 0 Å². The Bertz CT molecular complexity index is 1210. The SMILES string of the molecule is CCC(=O)N1CCc2cc(-c3ccc(C(=O)N4CCN(c5ccc(OC)cc5)CC4)cc3)ccc21. The predicted octanol–water partition coefficient (Wildman–Crippen LogP) is 4.62. The number of benzene rings is 3. The molecule has 0 saturated carbocycles. The smallest absolute Gasteiger partial charge is 0.253 e. The highest BCUT2D eigenvalue weighted by molar-refractivity contribution is 5.96. The molecule has 35 heavy (non-hydrogen) atoms. The molecule has 0 N–H and O–H groups in total. The number of piperazine rings is 1. The van der Waals surface area contributed by atoms with Crippen molar-refractivity contribution in [1.29, 1.82) is 0 Å². The first kappa shape index (κ1) is 23.0. The molecule has 2 amide bonds. The lowest BCUT2D eigenvalue weighted by molar-refractivity contribution is -0.118. The highest BCUT2D eigenvalue weighted by atomic mass is 16.5. The van der Waals surface area contributed by atoms with Crippen molar-refractivity contribution >= 4 is 23.2 Å². The number of methoxy groups -OCH3 is 1. The van der Waals surface area contributed by atoms with Gasteiger partial charge in [-0.25, -0.2) is 0 Å². The van der Waals surface area contributed by atoms with E-state index in [-0.39, 0.29) is 11.8 Å². The molecule has 5 rings (SSSR count). The number of hydrogen-bond donors (Lipinski definition) is 0. The normalized spacial score (nSPS) is 15.2. The van der Waals surface area contributed by atoms with Crippen LogP contribution in [0.2, 0.25) is 0 Å². The van der Waals surface area contributed by atoms with Gasteiger partial charge in [0.2, 0.25) is 5.91 Å². The molecule has 3 aromatic carbocycles. The molecular weight excluding hydrogens is 438 g/mol. The van der Waals surface area contributed by atoms with Crippen LogP contribution in [0.1, 0.15) is 29.3 Å². The standard InChI is InChI=1S/C29H31N3O3/c1-3-28(33)32-15-14-24-20-23(8-13-27(24)32)21-4-6-22(7-5-21)29(34)31-18-16-30(17-19-31)25-9-11-26(35-2)12-10-25/h4-13,20H,3,14-19H2,1-2H3. The largest absolute Gasteiger partial charge is 0.497 e. The van der Waals surface area contributed by atoms with Crippen molar-refractivity contribution in [3.05, 3.63) is 77.9 Å². The second-order valence-electron chi connectivity index (χ2n) is 9.05. The van der Waals surface area contributed by atoms with Gasteiger partial charge in [-0.3, -0.25) is 9.59 Å². The first-order valence-corrected chi connectivity index (χ1v) is 12.3. The van der Waals surface area contributed by atoms with Gasteiger partial charge >= 0.3 is 0 Å². The van der Waals surface area contributed by atoms with Crippen LogP contribution in [0.25, 0.3) is 11.1 Å². The highest BCUT2D eigenvalue weighted by Crippen LogP contribution is 2.33. The number of amides is 2. The number of nitrogens with zero attached hydrogens (tertiary/aromatic N) is 3. The molecule has 1 fully saturated rings. The summed E-state index contributed by atoms with van der Waals surface area (Å²) < 4.78 is 5.24. The fraction of sp³-hybridized carbons (Fsp3) is 0.310. The van der Waals surface area contributed by atoms with E-state index in [1.54, 1.807) is 7.11 Å². The maximum atomic E-state index is 13.1. The number of carbonyl (C=O) groups is 2. The predicted molar refractivity (Wildman–Crippen MR) is 139 cm³/mol. The van der Waals surface area contributed by atoms with Crippen LogP contribution >= 0.6 is 0 Å². The van der Waals surface area contributed by atoms with E-state index in [1.807, 2.05) is 59.2 Å². The average Bonchev–Trinajstić information content (AvgIpc) is 3.36. The quantitative estimate of drug-likeness (QED) is 0.547. The van der Waals surface area contributed by atoms with Crippen LogP contribution in [0.3, 0.4) is 0 Å². The number of hydrogen-bond acceptors (Lipinski definition) is 4. The zero-order valence-corrected chi connectivity index (χ0v) is 20.4. The zero-order chi connectivity index (χ0) is 24.4. The first-order valence-electron chi connectivity index (χ1n) is 12.3. The molecule has 0 bridgehead atoms. The summed E-state index contributed by atoms with van der Waals surface area (Å²) in [7, 11) is 1.67. The number of rotatable bonds is 5. The van der Waals surface area contributed by atoms with E-state index in [4.69, 9.17) is 4.74 Å². The third-order valence-corrected chi connectivity index (χ3v) is 7.05. The second-order valence-corrected chi connectivity index (χ2v) is 9.05. The Balaban J connectivity index is 1.22. The van der Waals surface area contributed by atoms with E-state index in [0.717, 1.165) is 54.3 Å². The minimum atomic E-state index is 0.0774. The molecule has 2 heterocycles. The zero-order valence-electron chi connectivity index (χ0n) is 20.4. The van der Waals surface area contributed by atoms with Crippen LogP contribution < -0.4 is 14.5 Å². The van der Waals surface area contributed by atoms with Crippen molar-refractivity contribution in [3.8, 4) is 16.9 Å². The molecule has 1 saturated heterocycles. The van der Waals surface area contributed by atoms with Crippen molar-refractivity contribution in [2.45, 2.75) is 19.8 Å². The summed E-state index contributed by atoms with van der Waals surface area (Å²) in [6.45, 7) is 5.67. The Hall–Kier alpha value is -3.80. The lowest BCUT2D eigenvalue weighted by Crippen LogP contribution is -2.48. The Morgan fingerprint density at radius 2 is 1.51 bits per heavy atom.